The zero-order chi connectivity index (χ0) is 31.9. The van der Waals surface area contributed by atoms with Crippen molar-refractivity contribution in [1.29, 1.82) is 0 Å². The summed E-state index contributed by atoms with van der Waals surface area (Å²) >= 11 is 0. The van der Waals surface area contributed by atoms with Crippen LogP contribution < -0.4 is 10.7 Å². The summed E-state index contributed by atoms with van der Waals surface area (Å²) in [7, 11) is 0. The zero-order valence-electron chi connectivity index (χ0n) is 26.2. The predicted octanol–water partition coefficient (Wildman–Crippen LogP) is 8.08. The highest BCUT2D eigenvalue weighted by Gasteiger charge is 2.24. The molecule has 0 saturated heterocycles. The van der Waals surface area contributed by atoms with Gasteiger partial charge in [0.1, 0.15) is 0 Å². The highest BCUT2D eigenvalue weighted by molar-refractivity contribution is 6.30. The molecule has 0 fully saturated rings. The van der Waals surface area contributed by atoms with Crippen molar-refractivity contribution in [2.45, 2.75) is 5.92 Å². The number of H-pyrrole nitrogens is 3. The molecule has 3 aromatic heterocycles. The fraction of sp³-hybridized carbons (Fsp3) is 0.0227. The lowest BCUT2D eigenvalue weighted by atomic mass is 9.89. The quantitative estimate of drug-likeness (QED) is 0.179. The predicted molar refractivity (Wildman–Crippen MR) is 195 cm³/mol. The van der Waals surface area contributed by atoms with Crippen LogP contribution in [0.1, 0.15) is 50.8 Å². The molecule has 1 atom stereocenters. The molecule has 228 valence electrons. The Labute approximate surface area is 278 Å². The lowest BCUT2D eigenvalue weighted by Crippen LogP contribution is -2.19. The average Bonchev–Trinajstić information content (AvgIpc) is 3.98. The van der Waals surface area contributed by atoms with E-state index in [1.807, 2.05) is 0 Å². The fourth-order valence-electron chi connectivity index (χ4n) is 7.13. The third-order valence-corrected chi connectivity index (χ3v) is 9.29. The minimum absolute atomic E-state index is 0.00713. The monoisotopic (exact) mass is 616 g/mol. The lowest BCUT2D eigenvalue weighted by molar-refractivity contribution is 0.932. The number of nitrogens with zero attached hydrogens (tertiary/aromatic N) is 1. The van der Waals surface area contributed by atoms with Crippen molar-refractivity contribution in [3.63, 3.8) is 0 Å². The van der Waals surface area contributed by atoms with Crippen molar-refractivity contribution in [3.05, 3.63) is 231 Å². The molecule has 4 nitrogen and oxygen atoms in total. The lowest BCUT2D eigenvalue weighted by Gasteiger charge is -2.16. The van der Waals surface area contributed by atoms with E-state index >= 15 is 0 Å². The van der Waals surface area contributed by atoms with Crippen LogP contribution in [0.3, 0.4) is 0 Å². The molecular formula is C44H32N4. The van der Waals surface area contributed by atoms with Gasteiger partial charge in [0.15, 0.2) is 0 Å². The normalized spacial score (nSPS) is 19.3. The summed E-state index contributed by atoms with van der Waals surface area (Å²) in [6.45, 7) is 0. The SMILES string of the molecule is C1=C/C2=C(\c3ccccc3)c3ccc([nH]3)C(c3ccccc3)c3c[nH]c(c3)/C(c3ccccc3)=c3/cc/c([nH]3)=C(\c3ccccc3)C1=N2. The summed E-state index contributed by atoms with van der Waals surface area (Å²) in [5.41, 5.74) is 14.0. The van der Waals surface area contributed by atoms with E-state index < -0.39 is 0 Å². The third kappa shape index (κ3) is 4.91. The van der Waals surface area contributed by atoms with Gasteiger partial charge in [0.05, 0.1) is 17.3 Å². The highest BCUT2D eigenvalue weighted by Crippen LogP contribution is 2.37. The fourth-order valence-corrected chi connectivity index (χ4v) is 7.13. The van der Waals surface area contributed by atoms with E-state index in [0.717, 1.165) is 72.6 Å². The first kappa shape index (κ1) is 27.9. The molecule has 2 aliphatic heterocycles. The molecule has 0 saturated carbocycles. The maximum Gasteiger partial charge on any atom is 0.0737 e. The molecular weight excluding hydrogens is 585 g/mol. The first-order valence-corrected chi connectivity index (χ1v) is 16.3. The van der Waals surface area contributed by atoms with E-state index in [9.17, 15) is 0 Å². The van der Waals surface area contributed by atoms with Gasteiger partial charge in [-0.25, -0.2) is 4.99 Å². The van der Waals surface area contributed by atoms with Crippen molar-refractivity contribution in [2.75, 3.05) is 0 Å². The molecule has 9 rings (SSSR count). The maximum atomic E-state index is 5.36. The van der Waals surface area contributed by atoms with Crippen LogP contribution in [0, 0.1) is 0 Å². The molecule has 0 spiro atoms. The van der Waals surface area contributed by atoms with Crippen LogP contribution in [0.5, 0.6) is 0 Å². The largest absolute Gasteiger partial charge is 0.361 e. The van der Waals surface area contributed by atoms with Crippen molar-refractivity contribution >= 4 is 22.4 Å². The van der Waals surface area contributed by atoms with Gasteiger partial charge in [-0.15, -0.1) is 0 Å². The highest BCUT2D eigenvalue weighted by atomic mass is 14.8. The van der Waals surface area contributed by atoms with Crippen LogP contribution in [-0.2, 0) is 0 Å². The molecule has 0 aliphatic carbocycles. The van der Waals surface area contributed by atoms with Crippen molar-refractivity contribution in [2.24, 2.45) is 4.99 Å². The van der Waals surface area contributed by atoms with Gasteiger partial charge in [-0.3, -0.25) is 0 Å². The van der Waals surface area contributed by atoms with Gasteiger partial charge in [-0.1, -0.05) is 121 Å². The van der Waals surface area contributed by atoms with E-state index in [-0.39, 0.29) is 5.92 Å². The van der Waals surface area contributed by atoms with E-state index in [2.05, 4.69) is 185 Å². The molecule has 48 heavy (non-hydrogen) atoms. The second-order valence-corrected chi connectivity index (χ2v) is 12.2. The molecule has 1 unspecified atom stereocenters. The van der Waals surface area contributed by atoms with E-state index in [1.165, 1.54) is 11.1 Å². The molecule has 0 amide bonds. The van der Waals surface area contributed by atoms with Crippen LogP contribution >= 0.6 is 0 Å². The topological polar surface area (TPSA) is 59.7 Å². The Morgan fingerprint density at radius 2 is 1.04 bits per heavy atom. The number of fused-ring (bicyclic) bond motifs is 7. The van der Waals surface area contributed by atoms with Gasteiger partial charge >= 0.3 is 0 Å². The standard InChI is InChI=1S/C44H32N4/c1-5-13-29(14-6-1)41-33-27-40(45-28-33)44(32-19-11-4-12-20-32)39-26-25-38(48-39)43(31-17-9-3-10-18-31)37-24-23-36(47-37)42(30-15-7-2-8-16-30)35-22-21-34(41)46-35/h1-28,41,45-46,48H/b42-36-,43-38-,44-39-. The van der Waals surface area contributed by atoms with E-state index in [1.54, 1.807) is 0 Å². The van der Waals surface area contributed by atoms with Crippen LogP contribution in [0.4, 0.5) is 0 Å². The van der Waals surface area contributed by atoms with E-state index in [4.69, 9.17) is 4.99 Å². The van der Waals surface area contributed by atoms with Crippen molar-refractivity contribution in [3.8, 4) is 0 Å². The Morgan fingerprint density at radius 1 is 0.458 bits per heavy atom. The molecule has 8 bridgehead atoms. The number of allylic oxidation sites excluding steroid dienone is 2. The second-order valence-electron chi connectivity index (χ2n) is 12.2. The Kier molecular flexibility index (Phi) is 6.83. The number of aromatic amines is 3. The van der Waals surface area contributed by atoms with E-state index in [0.29, 0.717) is 0 Å². The average molecular weight is 617 g/mol. The Balaban J connectivity index is 1.40. The molecule has 7 aromatic rings. The van der Waals surface area contributed by atoms with Gasteiger partial charge in [0.2, 0.25) is 0 Å². The van der Waals surface area contributed by atoms with Crippen LogP contribution in [-0.4, -0.2) is 20.7 Å². The van der Waals surface area contributed by atoms with Gasteiger partial charge in [0.25, 0.3) is 0 Å². The van der Waals surface area contributed by atoms with Crippen LogP contribution in [0.15, 0.2) is 181 Å². The number of nitrogens with one attached hydrogen (secondary N) is 3. The summed E-state index contributed by atoms with van der Waals surface area (Å²) in [6, 6.07) is 53.6. The minimum Gasteiger partial charge on any atom is -0.361 e. The summed E-state index contributed by atoms with van der Waals surface area (Å²) in [4.78, 5) is 16.7. The van der Waals surface area contributed by atoms with Crippen molar-refractivity contribution in [1.82, 2.24) is 15.0 Å². The summed E-state index contributed by atoms with van der Waals surface area (Å²) in [5.74, 6) is -0.00713. The van der Waals surface area contributed by atoms with Gasteiger partial charge in [-0.2, -0.15) is 0 Å². The van der Waals surface area contributed by atoms with Gasteiger partial charge < -0.3 is 15.0 Å². The summed E-state index contributed by atoms with van der Waals surface area (Å²) < 4.78 is 0. The third-order valence-electron chi connectivity index (χ3n) is 9.29. The Hall–Kier alpha value is -6.39. The van der Waals surface area contributed by atoms with Gasteiger partial charge in [0, 0.05) is 50.7 Å². The summed E-state index contributed by atoms with van der Waals surface area (Å²) in [6.07, 6.45) is 6.46. The summed E-state index contributed by atoms with van der Waals surface area (Å²) in [5, 5.41) is 2.05. The smallest absolute Gasteiger partial charge is 0.0737 e. The second kappa shape index (κ2) is 11.8. The molecule has 4 heteroatoms. The number of rotatable bonds is 4. The Bertz CT molecular complexity index is 2470. The van der Waals surface area contributed by atoms with Crippen molar-refractivity contribution < 1.29 is 0 Å². The first-order chi connectivity index (χ1) is 23.8. The zero-order valence-corrected chi connectivity index (χ0v) is 26.2. The van der Waals surface area contributed by atoms with Crippen LogP contribution in [0.2, 0.25) is 0 Å². The number of aliphatic imine (C=N–C) groups is 1. The maximum absolute atomic E-state index is 5.36. The molecule has 4 aromatic carbocycles. The Morgan fingerprint density at radius 3 is 1.71 bits per heavy atom. The molecule has 0 radical (unpaired) electrons. The number of aromatic nitrogens is 3. The minimum atomic E-state index is -0.00713. The molecule has 5 heterocycles. The number of hydrogen-bond donors (Lipinski definition) is 3. The van der Waals surface area contributed by atoms with Crippen LogP contribution in [0.25, 0.3) is 16.7 Å². The molecule has 3 N–H and O–H groups in total. The van der Waals surface area contributed by atoms with Gasteiger partial charge in [-0.05, 0) is 70.3 Å². The molecule has 2 aliphatic rings. The first-order valence-electron chi connectivity index (χ1n) is 16.3. The number of hydrogen-bond acceptors (Lipinski definition) is 1. The number of benzene rings is 4.